The standard InChI is InChI=1S/C25H32N8O13/c1-8-3-32(25(43)31-20(8)40)21-17(39)15(37)11(46-21)5-44-23(41)12(9(2)35)29-24(42)30-18-13-19(27-6-26-18)33(7-28-13)22-16(38)14(36)10(4-34)45-22/h3,6-7,9-12,14-17,21-22,34-39H,4-5H2,1-2H3,(H,31,40,43)(H2,26,27,29,30,42)/t9-,10-,11-,12+,14-,15-,16-,17-,21-,22-/m1/s1. The molecule has 10 atom stereocenters. The molecule has 3 aromatic heterocycles. The fraction of sp³-hybridized carbons (Fsp3) is 0.560. The maximum Gasteiger partial charge on any atom is 0.331 e. The molecule has 0 bridgehead atoms. The van der Waals surface area contributed by atoms with E-state index in [4.69, 9.17) is 14.2 Å². The molecule has 2 aliphatic rings. The van der Waals surface area contributed by atoms with Gasteiger partial charge < -0.3 is 50.2 Å². The third-order valence-electron chi connectivity index (χ3n) is 7.55. The Balaban J connectivity index is 1.22. The van der Waals surface area contributed by atoms with E-state index in [9.17, 15) is 49.8 Å². The summed E-state index contributed by atoms with van der Waals surface area (Å²) in [7, 11) is 0. The molecule has 21 heteroatoms. The fourth-order valence-electron chi connectivity index (χ4n) is 5.03. The second-order valence-corrected chi connectivity index (χ2v) is 10.7. The number of urea groups is 1. The molecule has 0 spiro atoms. The third-order valence-corrected chi connectivity index (χ3v) is 7.55. The lowest BCUT2D eigenvalue weighted by Crippen LogP contribution is -2.50. The maximum absolute atomic E-state index is 12.8. The topological polar surface area (TPSA) is 306 Å². The molecular weight excluding hydrogens is 620 g/mol. The van der Waals surface area contributed by atoms with E-state index in [0.717, 1.165) is 17.1 Å². The molecule has 0 unspecified atom stereocenters. The van der Waals surface area contributed by atoms with Crippen molar-refractivity contribution in [1.29, 1.82) is 0 Å². The number of carbonyl (C=O) groups is 2. The molecule has 5 heterocycles. The number of rotatable bonds is 9. The lowest BCUT2D eigenvalue weighted by Gasteiger charge is -2.22. The van der Waals surface area contributed by atoms with Gasteiger partial charge in [-0.05, 0) is 13.8 Å². The number of hydrogen-bond donors (Lipinski definition) is 9. The van der Waals surface area contributed by atoms with E-state index >= 15 is 0 Å². The van der Waals surface area contributed by atoms with Crippen LogP contribution in [0.1, 0.15) is 24.9 Å². The lowest BCUT2D eigenvalue weighted by atomic mass is 10.1. The highest BCUT2D eigenvalue weighted by Gasteiger charge is 2.46. The zero-order valence-corrected chi connectivity index (χ0v) is 24.2. The number of aliphatic hydroxyl groups excluding tert-OH is 6. The summed E-state index contributed by atoms with van der Waals surface area (Å²) in [6, 6.07) is -2.66. The van der Waals surface area contributed by atoms with Crippen LogP contribution in [0.25, 0.3) is 11.2 Å². The Morgan fingerprint density at radius 1 is 1.02 bits per heavy atom. The van der Waals surface area contributed by atoms with E-state index in [2.05, 4.69) is 30.6 Å². The number of nitrogens with one attached hydrogen (secondary N) is 3. The number of carbonyl (C=O) groups excluding carboxylic acids is 2. The number of amides is 2. The van der Waals surface area contributed by atoms with Crippen LogP contribution in [-0.2, 0) is 19.0 Å². The Bertz CT molecular complexity index is 1710. The van der Waals surface area contributed by atoms with E-state index in [1.165, 1.54) is 24.7 Å². The predicted octanol–water partition coefficient (Wildman–Crippen LogP) is -4.67. The van der Waals surface area contributed by atoms with Crippen molar-refractivity contribution < 1.29 is 54.4 Å². The van der Waals surface area contributed by atoms with Crippen molar-refractivity contribution >= 4 is 29.0 Å². The van der Waals surface area contributed by atoms with Gasteiger partial charge in [-0.3, -0.25) is 24.2 Å². The Morgan fingerprint density at radius 3 is 2.33 bits per heavy atom. The van der Waals surface area contributed by atoms with Gasteiger partial charge in [0.2, 0.25) is 0 Å². The Morgan fingerprint density at radius 2 is 1.67 bits per heavy atom. The van der Waals surface area contributed by atoms with Crippen molar-refractivity contribution in [2.45, 2.75) is 75.1 Å². The molecule has 46 heavy (non-hydrogen) atoms. The molecule has 9 N–H and O–H groups in total. The van der Waals surface area contributed by atoms with Crippen LogP contribution in [0.5, 0.6) is 0 Å². The average Bonchev–Trinajstić information content (AvgIpc) is 3.66. The number of esters is 1. The summed E-state index contributed by atoms with van der Waals surface area (Å²) in [5, 5.41) is 65.5. The van der Waals surface area contributed by atoms with Crippen molar-refractivity contribution in [2.24, 2.45) is 0 Å². The maximum atomic E-state index is 12.8. The van der Waals surface area contributed by atoms with Gasteiger partial charge in [-0.15, -0.1) is 0 Å². The highest BCUT2D eigenvalue weighted by atomic mass is 16.6. The summed E-state index contributed by atoms with van der Waals surface area (Å²) in [6.07, 6.45) is -9.09. The summed E-state index contributed by atoms with van der Waals surface area (Å²) in [5.74, 6) is -1.28. The number of nitrogens with zero attached hydrogens (tertiary/aromatic N) is 5. The summed E-state index contributed by atoms with van der Waals surface area (Å²) < 4.78 is 18.3. The molecule has 0 radical (unpaired) electrons. The van der Waals surface area contributed by atoms with Crippen LogP contribution >= 0.6 is 0 Å². The summed E-state index contributed by atoms with van der Waals surface area (Å²) in [4.78, 5) is 63.8. The Hall–Kier alpha value is -4.35. The van der Waals surface area contributed by atoms with Gasteiger partial charge in [0.1, 0.15) is 49.6 Å². The number of aliphatic hydroxyl groups is 6. The van der Waals surface area contributed by atoms with E-state index in [0.29, 0.717) is 0 Å². The largest absolute Gasteiger partial charge is 0.461 e. The van der Waals surface area contributed by atoms with Crippen molar-refractivity contribution in [1.82, 2.24) is 34.4 Å². The molecule has 2 fully saturated rings. The molecule has 2 aliphatic heterocycles. The van der Waals surface area contributed by atoms with E-state index in [1.54, 1.807) is 0 Å². The molecule has 250 valence electrons. The number of hydrogen-bond acceptors (Lipinski definition) is 16. The van der Waals surface area contributed by atoms with Crippen molar-refractivity contribution in [3.63, 3.8) is 0 Å². The van der Waals surface area contributed by atoms with Crippen LogP contribution in [0.2, 0.25) is 0 Å². The summed E-state index contributed by atoms with van der Waals surface area (Å²) in [5.41, 5.74) is -1.29. The van der Waals surface area contributed by atoms with Crippen LogP contribution in [0.3, 0.4) is 0 Å². The third kappa shape index (κ3) is 6.21. The summed E-state index contributed by atoms with van der Waals surface area (Å²) in [6.45, 7) is 1.41. The minimum atomic E-state index is -1.64. The smallest absolute Gasteiger partial charge is 0.331 e. The van der Waals surface area contributed by atoms with E-state index < -0.39 is 97.7 Å². The van der Waals surface area contributed by atoms with Gasteiger partial charge in [0.05, 0.1) is 19.0 Å². The van der Waals surface area contributed by atoms with Gasteiger partial charge in [-0.25, -0.2) is 29.3 Å². The molecule has 2 amide bonds. The first kappa shape index (κ1) is 33.0. The van der Waals surface area contributed by atoms with E-state index in [1.807, 2.05) is 0 Å². The highest BCUT2D eigenvalue weighted by Crippen LogP contribution is 2.32. The number of ether oxygens (including phenoxy) is 3. The number of aromatic nitrogens is 6. The first-order valence-electron chi connectivity index (χ1n) is 13.9. The monoisotopic (exact) mass is 652 g/mol. The summed E-state index contributed by atoms with van der Waals surface area (Å²) >= 11 is 0. The van der Waals surface area contributed by atoms with Gasteiger partial charge in [-0.2, -0.15) is 0 Å². The van der Waals surface area contributed by atoms with Gasteiger partial charge in [0.15, 0.2) is 35.5 Å². The SMILES string of the molecule is Cc1cn([C@@H]2O[C@H](COC(=O)[C@@H](NC(=O)Nc3ncnc4c3ncn4[C@@H]3O[C@H](CO)[C@@H](O)[C@H]3O)[C@@H](C)O)[C@@H](O)[C@H]2O)c(=O)[nH]c1=O. The molecule has 0 aromatic carbocycles. The molecule has 0 aliphatic carbocycles. The zero-order valence-electron chi connectivity index (χ0n) is 24.2. The molecular formula is C25H32N8O13. The zero-order chi connectivity index (χ0) is 33.4. The first-order valence-corrected chi connectivity index (χ1v) is 13.9. The van der Waals surface area contributed by atoms with Crippen LogP contribution in [-0.4, -0.2) is 134 Å². The minimum Gasteiger partial charge on any atom is -0.461 e. The quantitative estimate of drug-likeness (QED) is 0.0981. The predicted molar refractivity (Wildman–Crippen MR) is 149 cm³/mol. The number of fused-ring (bicyclic) bond motifs is 1. The normalized spacial score (nSPS) is 29.0. The fourth-order valence-corrected chi connectivity index (χ4v) is 5.03. The van der Waals surface area contributed by atoms with E-state index in [-0.39, 0.29) is 22.5 Å². The molecule has 2 saturated heterocycles. The number of H-pyrrole nitrogens is 1. The van der Waals surface area contributed by atoms with Crippen LogP contribution in [0, 0.1) is 6.92 Å². The first-order chi connectivity index (χ1) is 21.8. The lowest BCUT2D eigenvalue weighted by molar-refractivity contribution is -0.154. The van der Waals surface area contributed by atoms with Gasteiger partial charge in [-0.1, -0.05) is 0 Å². The van der Waals surface area contributed by atoms with Gasteiger partial charge in [0, 0.05) is 11.8 Å². The molecule has 5 rings (SSSR count). The van der Waals surface area contributed by atoms with Crippen LogP contribution < -0.4 is 21.9 Å². The van der Waals surface area contributed by atoms with Crippen LogP contribution in [0.15, 0.2) is 28.4 Å². The number of aryl methyl sites for hydroxylation is 1. The van der Waals surface area contributed by atoms with Crippen molar-refractivity contribution in [2.75, 3.05) is 18.5 Å². The Labute approximate surface area is 257 Å². The Kier molecular flexibility index (Phi) is 9.46. The minimum absolute atomic E-state index is 0.0313. The highest BCUT2D eigenvalue weighted by molar-refractivity contribution is 5.97. The number of imidazole rings is 1. The average molecular weight is 653 g/mol. The number of aromatic amines is 1. The van der Waals surface area contributed by atoms with Gasteiger partial charge in [0.25, 0.3) is 5.56 Å². The van der Waals surface area contributed by atoms with Crippen molar-refractivity contribution in [3.05, 3.63) is 45.3 Å². The molecule has 21 nitrogen and oxygen atoms in total. The van der Waals surface area contributed by atoms with Crippen molar-refractivity contribution in [3.8, 4) is 0 Å². The second-order valence-electron chi connectivity index (χ2n) is 10.7. The number of anilines is 1. The van der Waals surface area contributed by atoms with Crippen LogP contribution in [0.4, 0.5) is 10.6 Å². The second kappa shape index (κ2) is 13.2. The van der Waals surface area contributed by atoms with Gasteiger partial charge >= 0.3 is 17.7 Å². The molecule has 3 aromatic rings. The molecule has 0 saturated carbocycles.